The molecule has 0 amide bonds. The fraction of sp³-hybridized carbons (Fsp3) is 0.0893. The molecule has 2 atom stereocenters. The third-order valence-corrected chi connectivity index (χ3v) is 12.3. The summed E-state index contributed by atoms with van der Waals surface area (Å²) in [6.45, 7) is 4.47. The molecule has 9 aromatic rings. The van der Waals surface area contributed by atoms with Gasteiger partial charge in [-0.25, -0.2) is 9.97 Å². The molecule has 1 aliphatic heterocycles. The quantitative estimate of drug-likeness (QED) is 0.183. The molecule has 1 N–H and O–H groups in total. The van der Waals surface area contributed by atoms with Crippen LogP contribution in [0.5, 0.6) is 0 Å². The number of nitrogens with one attached hydrogen (secondary N) is 1. The van der Waals surface area contributed by atoms with Gasteiger partial charge in [-0.05, 0) is 99.0 Å². The smallest absolute Gasteiger partial charge is 0.160 e. The first-order valence-corrected chi connectivity index (χ1v) is 20.8. The molecule has 11 rings (SSSR count). The van der Waals surface area contributed by atoms with Crippen molar-refractivity contribution in [2.75, 3.05) is 5.32 Å². The maximum atomic E-state index is 5.52. The number of para-hydroxylation sites is 1. The zero-order chi connectivity index (χ0) is 40.2. The van der Waals surface area contributed by atoms with E-state index in [1.807, 2.05) is 0 Å². The first-order valence-electron chi connectivity index (χ1n) is 20.8. The fourth-order valence-electron chi connectivity index (χ4n) is 9.02. The molecular formula is C56H42N4. The number of benzene rings is 8. The molecule has 60 heavy (non-hydrogen) atoms. The van der Waals surface area contributed by atoms with E-state index >= 15 is 0 Å². The van der Waals surface area contributed by atoms with Gasteiger partial charge in [0.25, 0.3) is 0 Å². The van der Waals surface area contributed by atoms with Crippen LogP contribution in [-0.2, 0) is 12.0 Å². The third-order valence-electron chi connectivity index (χ3n) is 12.3. The summed E-state index contributed by atoms with van der Waals surface area (Å²) in [5.41, 5.74) is 13.6. The monoisotopic (exact) mass is 770 g/mol. The number of hydrogen-bond donors (Lipinski definition) is 1. The summed E-state index contributed by atoms with van der Waals surface area (Å²) >= 11 is 0. The lowest BCUT2D eigenvalue weighted by Crippen LogP contribution is -2.32. The molecule has 0 saturated carbocycles. The van der Waals surface area contributed by atoms with Gasteiger partial charge in [-0.2, -0.15) is 0 Å². The topological polar surface area (TPSA) is 50.2 Å². The molecule has 2 unspecified atom stereocenters. The number of rotatable bonds is 6. The summed E-state index contributed by atoms with van der Waals surface area (Å²) in [6, 6.07) is 65.1. The number of hydrogen-bond acceptors (Lipinski definition) is 4. The summed E-state index contributed by atoms with van der Waals surface area (Å²) in [5, 5.41) is 8.63. The Hall–Kier alpha value is -7.43. The summed E-state index contributed by atoms with van der Waals surface area (Å²) in [5.74, 6) is 1.98. The van der Waals surface area contributed by atoms with Gasteiger partial charge in [-0.3, -0.25) is 4.99 Å². The maximum absolute atomic E-state index is 5.52. The summed E-state index contributed by atoms with van der Waals surface area (Å²) in [4.78, 5) is 16.1. The van der Waals surface area contributed by atoms with Crippen LogP contribution < -0.4 is 5.32 Å². The Bertz CT molecular complexity index is 3190. The van der Waals surface area contributed by atoms with Gasteiger partial charge >= 0.3 is 0 Å². The van der Waals surface area contributed by atoms with Crippen molar-refractivity contribution in [3.05, 3.63) is 216 Å². The molecule has 1 aromatic heterocycles. The third kappa shape index (κ3) is 6.38. The van der Waals surface area contributed by atoms with E-state index in [-0.39, 0.29) is 0 Å². The first-order chi connectivity index (χ1) is 29.4. The molecular weight excluding hydrogens is 729 g/mol. The Morgan fingerprint density at radius 2 is 1.08 bits per heavy atom. The van der Waals surface area contributed by atoms with Gasteiger partial charge in [0.15, 0.2) is 5.82 Å². The van der Waals surface area contributed by atoms with Crippen molar-refractivity contribution in [2.45, 2.75) is 25.8 Å². The van der Waals surface area contributed by atoms with E-state index < -0.39 is 5.54 Å². The van der Waals surface area contributed by atoms with E-state index in [1.54, 1.807) is 0 Å². The lowest BCUT2D eigenvalue weighted by atomic mass is 9.82. The highest BCUT2D eigenvalue weighted by Crippen LogP contribution is 2.42. The molecule has 8 aromatic carbocycles. The van der Waals surface area contributed by atoms with E-state index in [9.17, 15) is 0 Å². The van der Waals surface area contributed by atoms with Crippen LogP contribution in [0.15, 0.2) is 193 Å². The molecule has 4 nitrogen and oxygen atoms in total. The molecule has 4 heteroatoms. The summed E-state index contributed by atoms with van der Waals surface area (Å²) < 4.78 is 0. The standard InChI is InChI=1S/C56H42N4/c1-36-21-30-49-52(31-36)58-54(59-53(49)46-17-9-15-42(34-46)44-24-22-37-11-3-5-13-40(37)32-44)39-26-28-48(29-27-39)56(2)50-19-7-8-20-51(50)57-55(60-56)47-18-10-16-43(35-47)45-25-23-38-12-4-6-14-41(38)33-45/h3-30,32-36H,31H2,1-2H3,(H,57,60). The van der Waals surface area contributed by atoms with E-state index in [1.165, 1.54) is 38.2 Å². The minimum absolute atomic E-state index is 0.402. The lowest BCUT2D eigenvalue weighted by Gasteiger charge is -2.34. The normalized spacial score (nSPS) is 16.8. The molecule has 286 valence electrons. The number of aliphatic imine (C=N–C) groups is 1. The molecule has 0 saturated heterocycles. The SMILES string of the molecule is CC1C=Cc2c(nc(-c3ccc(C4(C)N=C(c5cccc(-c6ccc7ccccc7c6)c5)Nc5ccccc54)cc3)nc2-c2cccc(-c3ccc4ccccc4c3)c2)C1. The molecule has 0 bridgehead atoms. The van der Waals surface area contributed by atoms with Gasteiger partial charge in [0.1, 0.15) is 11.4 Å². The Kier molecular flexibility index (Phi) is 8.59. The zero-order valence-electron chi connectivity index (χ0n) is 33.6. The van der Waals surface area contributed by atoms with E-state index in [0.717, 1.165) is 74.1 Å². The van der Waals surface area contributed by atoms with Crippen molar-refractivity contribution >= 4 is 39.1 Å². The van der Waals surface area contributed by atoms with Gasteiger partial charge < -0.3 is 5.32 Å². The minimum Gasteiger partial charge on any atom is -0.340 e. The van der Waals surface area contributed by atoms with Crippen LogP contribution in [0.2, 0.25) is 0 Å². The van der Waals surface area contributed by atoms with Crippen LogP contribution in [0.3, 0.4) is 0 Å². The van der Waals surface area contributed by atoms with Crippen LogP contribution in [0.25, 0.3) is 72.5 Å². The highest BCUT2D eigenvalue weighted by atomic mass is 15.1. The van der Waals surface area contributed by atoms with Crippen molar-refractivity contribution in [3.8, 4) is 44.9 Å². The Morgan fingerprint density at radius 3 is 1.78 bits per heavy atom. The summed E-state index contributed by atoms with van der Waals surface area (Å²) in [7, 11) is 0. The summed E-state index contributed by atoms with van der Waals surface area (Å²) in [6.07, 6.45) is 5.37. The van der Waals surface area contributed by atoms with Crippen molar-refractivity contribution in [2.24, 2.45) is 10.9 Å². The Morgan fingerprint density at radius 1 is 0.517 bits per heavy atom. The largest absolute Gasteiger partial charge is 0.340 e. The number of amidine groups is 1. The van der Waals surface area contributed by atoms with Crippen LogP contribution >= 0.6 is 0 Å². The van der Waals surface area contributed by atoms with Gasteiger partial charge in [0, 0.05) is 33.5 Å². The second kappa shape index (κ2) is 14.4. The predicted octanol–water partition coefficient (Wildman–Crippen LogP) is 13.8. The average molecular weight is 771 g/mol. The van der Waals surface area contributed by atoms with Crippen LogP contribution in [0.4, 0.5) is 5.69 Å². The van der Waals surface area contributed by atoms with Gasteiger partial charge in [-0.15, -0.1) is 0 Å². The van der Waals surface area contributed by atoms with Crippen molar-refractivity contribution in [3.63, 3.8) is 0 Å². The zero-order valence-corrected chi connectivity index (χ0v) is 33.6. The molecule has 0 radical (unpaired) electrons. The van der Waals surface area contributed by atoms with Crippen molar-refractivity contribution < 1.29 is 0 Å². The first kappa shape index (κ1) is 35.7. The van der Waals surface area contributed by atoms with Crippen LogP contribution in [0.1, 0.15) is 41.8 Å². The van der Waals surface area contributed by atoms with Gasteiger partial charge in [-0.1, -0.05) is 171 Å². The van der Waals surface area contributed by atoms with E-state index in [4.69, 9.17) is 15.0 Å². The van der Waals surface area contributed by atoms with Gasteiger partial charge in [0.05, 0.1) is 11.4 Å². The van der Waals surface area contributed by atoms with Gasteiger partial charge in [0.2, 0.25) is 0 Å². The minimum atomic E-state index is -0.639. The molecule has 2 heterocycles. The predicted molar refractivity (Wildman–Crippen MR) is 250 cm³/mol. The molecule has 2 aliphatic rings. The van der Waals surface area contributed by atoms with Crippen LogP contribution in [0, 0.1) is 5.92 Å². The van der Waals surface area contributed by atoms with Crippen molar-refractivity contribution in [1.29, 1.82) is 0 Å². The second-order valence-electron chi connectivity index (χ2n) is 16.4. The number of fused-ring (bicyclic) bond motifs is 4. The van der Waals surface area contributed by atoms with Crippen molar-refractivity contribution in [1.82, 2.24) is 9.97 Å². The number of allylic oxidation sites excluding steroid dienone is 1. The second-order valence-corrected chi connectivity index (χ2v) is 16.4. The van der Waals surface area contributed by atoms with E-state index in [2.05, 4.69) is 213 Å². The molecule has 1 aliphatic carbocycles. The average Bonchev–Trinajstić information content (AvgIpc) is 3.31. The highest BCUT2D eigenvalue weighted by molar-refractivity contribution is 6.11. The van der Waals surface area contributed by atoms with E-state index in [0.29, 0.717) is 5.92 Å². The molecule has 0 spiro atoms. The Balaban J connectivity index is 0.962. The maximum Gasteiger partial charge on any atom is 0.160 e. The lowest BCUT2D eigenvalue weighted by molar-refractivity contribution is 0.603. The molecule has 0 fully saturated rings. The number of nitrogens with zero attached hydrogens (tertiary/aromatic N) is 3. The number of aromatic nitrogens is 2. The highest BCUT2D eigenvalue weighted by Gasteiger charge is 2.35. The fourth-order valence-corrected chi connectivity index (χ4v) is 9.02. The van der Waals surface area contributed by atoms with Crippen LogP contribution in [-0.4, -0.2) is 15.8 Å². The number of anilines is 1. The Labute approximate surface area is 350 Å².